The van der Waals surface area contributed by atoms with Gasteiger partial charge in [-0.15, -0.1) is 0 Å². The summed E-state index contributed by atoms with van der Waals surface area (Å²) in [6, 6.07) is 5.81. The minimum absolute atomic E-state index is 0.0671. The van der Waals surface area contributed by atoms with Gasteiger partial charge in [-0.1, -0.05) is 12.1 Å². The first-order chi connectivity index (χ1) is 9.13. The SMILES string of the molecule is CCC[CH2][Sn][CH2]CCC.O=C(O)c1ccccc1O. The fourth-order valence-electron chi connectivity index (χ4n) is 1.38. The Morgan fingerprint density at radius 3 is 2.00 bits per heavy atom. The third kappa shape index (κ3) is 9.82. The fraction of sp³-hybridized carbons (Fsp3) is 0.533. The average molecular weight is 371 g/mol. The summed E-state index contributed by atoms with van der Waals surface area (Å²) in [5, 5.41) is 17.3. The smallest absolute Gasteiger partial charge is 0.339 e. The first-order valence-corrected chi connectivity index (χ1v) is 10.9. The molecule has 1 aromatic rings. The standard InChI is InChI=1S/C7H6O3.2C4H9.Sn/c8-6-4-2-1-3-5(6)7(9)10;2*1-3-4-2;/h1-4,8H,(H,9,10);2*1,3-4H2,2H3;. The largest absolute Gasteiger partial charge is 0.507 e. The number of carboxylic acid groups (broad SMARTS) is 1. The second-order valence-corrected chi connectivity index (χ2v) is 8.56. The van der Waals surface area contributed by atoms with Crippen LogP contribution >= 0.6 is 0 Å². The molecule has 0 amide bonds. The first-order valence-electron chi connectivity index (χ1n) is 6.85. The Morgan fingerprint density at radius 1 is 1.11 bits per heavy atom. The van der Waals surface area contributed by atoms with Gasteiger partial charge in [0, 0.05) is 0 Å². The van der Waals surface area contributed by atoms with Crippen molar-refractivity contribution in [3.05, 3.63) is 29.8 Å². The number of hydrogen-bond donors (Lipinski definition) is 2. The second-order valence-electron chi connectivity index (χ2n) is 4.28. The van der Waals surface area contributed by atoms with Gasteiger partial charge in [0.1, 0.15) is 11.3 Å². The van der Waals surface area contributed by atoms with E-state index in [1.165, 1.54) is 37.8 Å². The van der Waals surface area contributed by atoms with Crippen LogP contribution in [0.3, 0.4) is 0 Å². The zero-order valence-corrected chi connectivity index (χ0v) is 14.7. The molecule has 0 aliphatic rings. The number of benzene rings is 1. The maximum absolute atomic E-state index is 10.3. The molecule has 0 aromatic heterocycles. The summed E-state index contributed by atoms with van der Waals surface area (Å²) in [5.74, 6) is -1.31. The van der Waals surface area contributed by atoms with Crippen molar-refractivity contribution in [2.24, 2.45) is 0 Å². The molecule has 0 aliphatic carbocycles. The van der Waals surface area contributed by atoms with Gasteiger partial charge >= 0.3 is 75.5 Å². The van der Waals surface area contributed by atoms with Gasteiger partial charge in [-0.2, -0.15) is 0 Å². The Morgan fingerprint density at radius 2 is 1.63 bits per heavy atom. The predicted molar refractivity (Wildman–Crippen MR) is 80.3 cm³/mol. The molecule has 2 N–H and O–H groups in total. The minimum atomic E-state index is -1.11. The summed E-state index contributed by atoms with van der Waals surface area (Å²) in [6.07, 6.45) is 5.84. The van der Waals surface area contributed by atoms with Crippen LogP contribution in [0.1, 0.15) is 49.9 Å². The van der Waals surface area contributed by atoms with Crippen molar-refractivity contribution in [3.63, 3.8) is 0 Å². The van der Waals surface area contributed by atoms with Crippen molar-refractivity contribution in [2.45, 2.75) is 48.4 Å². The Kier molecular flexibility index (Phi) is 11.9. The molecular formula is C15H24O3Sn. The van der Waals surface area contributed by atoms with Gasteiger partial charge in [-0.3, -0.25) is 0 Å². The van der Waals surface area contributed by atoms with E-state index in [0.29, 0.717) is 0 Å². The van der Waals surface area contributed by atoms with E-state index in [0.717, 1.165) is 0 Å². The normalized spacial score (nSPS) is 9.58. The third-order valence-corrected chi connectivity index (χ3v) is 6.58. The molecule has 3 nitrogen and oxygen atoms in total. The number of aromatic hydroxyl groups is 1. The Hall–Kier alpha value is -0.711. The quantitative estimate of drug-likeness (QED) is 0.558. The van der Waals surface area contributed by atoms with Crippen molar-refractivity contribution in [2.75, 3.05) is 0 Å². The average Bonchev–Trinajstić information content (AvgIpc) is 2.40. The third-order valence-electron chi connectivity index (χ3n) is 2.55. The van der Waals surface area contributed by atoms with E-state index in [1.54, 1.807) is 21.0 Å². The minimum Gasteiger partial charge on any atom is -0.507 e. The van der Waals surface area contributed by atoms with Crippen molar-refractivity contribution in [3.8, 4) is 5.75 Å². The van der Waals surface area contributed by atoms with Crippen LogP contribution in [0.5, 0.6) is 5.75 Å². The van der Waals surface area contributed by atoms with Gasteiger partial charge in [-0.25, -0.2) is 4.79 Å². The summed E-state index contributed by atoms with van der Waals surface area (Å²) >= 11 is 0.149. The zero-order chi connectivity index (χ0) is 14.5. The van der Waals surface area contributed by atoms with Crippen LogP contribution in [0.15, 0.2) is 24.3 Å². The van der Waals surface area contributed by atoms with E-state index >= 15 is 0 Å². The van der Waals surface area contributed by atoms with Crippen LogP contribution in [-0.2, 0) is 0 Å². The molecule has 0 fully saturated rings. The molecule has 0 spiro atoms. The molecule has 0 saturated carbocycles. The summed E-state index contributed by atoms with van der Waals surface area (Å²) < 4.78 is 3.25. The molecule has 1 aromatic carbocycles. The van der Waals surface area contributed by atoms with Crippen LogP contribution < -0.4 is 0 Å². The van der Waals surface area contributed by atoms with Gasteiger partial charge in [-0.05, 0) is 12.1 Å². The molecule has 19 heavy (non-hydrogen) atoms. The van der Waals surface area contributed by atoms with Crippen molar-refractivity contribution in [1.29, 1.82) is 0 Å². The number of carboxylic acids is 1. The summed E-state index contributed by atoms with van der Waals surface area (Å²) in [6.45, 7) is 4.58. The number of hydrogen-bond acceptors (Lipinski definition) is 2. The second kappa shape index (κ2) is 12.3. The number of carbonyl (C=O) groups is 1. The van der Waals surface area contributed by atoms with Crippen molar-refractivity contribution in [1.82, 2.24) is 0 Å². The Labute approximate surface area is 126 Å². The van der Waals surface area contributed by atoms with E-state index in [-0.39, 0.29) is 32.5 Å². The number of aromatic carboxylic acids is 1. The molecule has 0 atom stereocenters. The first kappa shape index (κ1) is 18.3. The van der Waals surface area contributed by atoms with Gasteiger partial charge in [0.15, 0.2) is 0 Å². The van der Waals surface area contributed by atoms with Gasteiger partial charge in [0.2, 0.25) is 0 Å². The molecule has 0 aliphatic heterocycles. The Balaban J connectivity index is 0.000000344. The van der Waals surface area contributed by atoms with E-state index < -0.39 is 5.97 Å². The molecule has 1 rings (SSSR count). The molecule has 0 heterocycles. The van der Waals surface area contributed by atoms with E-state index in [9.17, 15) is 4.79 Å². The number of para-hydroxylation sites is 1. The predicted octanol–water partition coefficient (Wildman–Crippen LogP) is 4.22. The molecule has 4 heteroatoms. The van der Waals surface area contributed by atoms with Crippen LogP contribution in [0.4, 0.5) is 0 Å². The number of phenols is 1. The van der Waals surface area contributed by atoms with Crippen LogP contribution in [-0.4, -0.2) is 37.3 Å². The van der Waals surface area contributed by atoms with Crippen molar-refractivity contribution >= 4 is 27.1 Å². The maximum atomic E-state index is 10.3. The number of unbranched alkanes of at least 4 members (excludes halogenated alkanes) is 2. The zero-order valence-electron chi connectivity index (χ0n) is 11.9. The number of rotatable bonds is 7. The van der Waals surface area contributed by atoms with Gasteiger partial charge in [0.25, 0.3) is 0 Å². The van der Waals surface area contributed by atoms with Crippen LogP contribution in [0.2, 0.25) is 8.87 Å². The fourth-order valence-corrected chi connectivity index (χ4v) is 5.54. The van der Waals surface area contributed by atoms with E-state index in [1.807, 2.05) is 0 Å². The molecule has 0 unspecified atom stereocenters. The molecule has 2 radical (unpaired) electrons. The summed E-state index contributed by atoms with van der Waals surface area (Å²) in [7, 11) is 0. The van der Waals surface area contributed by atoms with E-state index in [4.69, 9.17) is 10.2 Å². The summed E-state index contributed by atoms with van der Waals surface area (Å²) in [5.41, 5.74) is -0.0671. The Bertz CT molecular complexity index is 347. The van der Waals surface area contributed by atoms with Crippen LogP contribution in [0.25, 0.3) is 0 Å². The maximum Gasteiger partial charge on any atom is 0.339 e. The molecule has 106 valence electrons. The molecular weight excluding hydrogens is 347 g/mol. The molecule has 0 saturated heterocycles. The van der Waals surface area contributed by atoms with E-state index in [2.05, 4.69) is 13.8 Å². The molecule has 0 bridgehead atoms. The summed E-state index contributed by atoms with van der Waals surface area (Å²) in [4.78, 5) is 10.3. The van der Waals surface area contributed by atoms with Crippen molar-refractivity contribution < 1.29 is 15.0 Å². The van der Waals surface area contributed by atoms with Gasteiger partial charge < -0.3 is 10.2 Å². The van der Waals surface area contributed by atoms with Gasteiger partial charge in [0.05, 0.1) is 0 Å². The topological polar surface area (TPSA) is 57.5 Å². The monoisotopic (exact) mass is 372 g/mol. The van der Waals surface area contributed by atoms with Crippen LogP contribution in [0, 0.1) is 0 Å².